The summed E-state index contributed by atoms with van der Waals surface area (Å²) in [6.07, 6.45) is 0.324. The van der Waals surface area contributed by atoms with Gasteiger partial charge in [0.15, 0.2) is 0 Å². The molecule has 1 aliphatic heterocycles. The summed E-state index contributed by atoms with van der Waals surface area (Å²) in [5.41, 5.74) is 1.80. The molecule has 0 unspecified atom stereocenters. The summed E-state index contributed by atoms with van der Waals surface area (Å²) in [6, 6.07) is 5.74. The SMILES string of the molecule is COc1ccc(C)cc1NC(=O)CN1C[C@@H](C)O[C@H](C)C1. The van der Waals surface area contributed by atoms with E-state index < -0.39 is 0 Å². The lowest BCUT2D eigenvalue weighted by atomic mass is 10.2. The van der Waals surface area contributed by atoms with Crippen molar-refractivity contribution in [3.8, 4) is 5.75 Å². The second kappa shape index (κ2) is 6.91. The van der Waals surface area contributed by atoms with Gasteiger partial charge in [-0.1, -0.05) is 6.07 Å². The van der Waals surface area contributed by atoms with Crippen LogP contribution in [0.5, 0.6) is 5.75 Å². The standard InChI is InChI=1S/C16H24N2O3/c1-11-5-6-15(20-4)14(7-11)17-16(19)10-18-8-12(2)21-13(3)9-18/h5-7,12-13H,8-10H2,1-4H3,(H,17,19)/t12-,13-/m1/s1. The topological polar surface area (TPSA) is 50.8 Å². The predicted octanol–water partition coefficient (Wildman–Crippen LogP) is 2.05. The molecule has 1 saturated heterocycles. The monoisotopic (exact) mass is 292 g/mol. The van der Waals surface area contributed by atoms with Gasteiger partial charge >= 0.3 is 0 Å². The third-order valence-electron chi connectivity index (χ3n) is 3.49. The van der Waals surface area contributed by atoms with E-state index in [0.29, 0.717) is 12.3 Å². The highest BCUT2D eigenvalue weighted by atomic mass is 16.5. The molecule has 21 heavy (non-hydrogen) atoms. The van der Waals surface area contributed by atoms with Crippen molar-refractivity contribution >= 4 is 11.6 Å². The van der Waals surface area contributed by atoms with Crippen LogP contribution in [0.15, 0.2) is 18.2 Å². The third-order valence-corrected chi connectivity index (χ3v) is 3.49. The fourth-order valence-electron chi connectivity index (χ4n) is 2.73. The number of benzene rings is 1. The molecular weight excluding hydrogens is 268 g/mol. The fraction of sp³-hybridized carbons (Fsp3) is 0.562. The summed E-state index contributed by atoms with van der Waals surface area (Å²) in [5, 5.41) is 2.93. The number of aryl methyl sites for hydroxylation is 1. The molecule has 116 valence electrons. The lowest BCUT2D eigenvalue weighted by Gasteiger charge is -2.34. The van der Waals surface area contributed by atoms with Crippen molar-refractivity contribution in [2.75, 3.05) is 32.1 Å². The van der Waals surface area contributed by atoms with E-state index in [1.165, 1.54) is 0 Å². The van der Waals surface area contributed by atoms with Crippen molar-refractivity contribution in [1.82, 2.24) is 4.90 Å². The largest absolute Gasteiger partial charge is 0.495 e. The number of methoxy groups -OCH3 is 1. The van der Waals surface area contributed by atoms with E-state index in [4.69, 9.17) is 9.47 Å². The second-order valence-corrected chi connectivity index (χ2v) is 5.70. The summed E-state index contributed by atoms with van der Waals surface area (Å²) in [4.78, 5) is 14.3. The zero-order chi connectivity index (χ0) is 15.4. The van der Waals surface area contributed by atoms with Crippen LogP contribution in [-0.2, 0) is 9.53 Å². The molecule has 5 nitrogen and oxygen atoms in total. The highest BCUT2D eigenvalue weighted by Crippen LogP contribution is 2.25. The Hall–Kier alpha value is -1.59. The van der Waals surface area contributed by atoms with Crippen LogP contribution < -0.4 is 10.1 Å². The van der Waals surface area contributed by atoms with Gasteiger partial charge in [-0.25, -0.2) is 0 Å². The minimum Gasteiger partial charge on any atom is -0.495 e. The molecule has 1 amide bonds. The molecule has 1 aromatic carbocycles. The Labute approximate surface area is 126 Å². The van der Waals surface area contributed by atoms with Gasteiger partial charge in [0, 0.05) is 13.1 Å². The molecule has 0 aromatic heterocycles. The lowest BCUT2D eigenvalue weighted by molar-refractivity contribution is -0.121. The molecule has 2 rings (SSSR count). The maximum atomic E-state index is 12.2. The molecule has 1 aliphatic rings. The molecule has 0 saturated carbocycles. The smallest absolute Gasteiger partial charge is 0.238 e. The van der Waals surface area contributed by atoms with Crippen LogP contribution in [0.4, 0.5) is 5.69 Å². The molecule has 5 heteroatoms. The van der Waals surface area contributed by atoms with Gasteiger partial charge in [0.05, 0.1) is 31.5 Å². The van der Waals surface area contributed by atoms with E-state index in [-0.39, 0.29) is 18.1 Å². The van der Waals surface area contributed by atoms with Crippen molar-refractivity contribution in [1.29, 1.82) is 0 Å². The molecule has 0 aliphatic carbocycles. The van der Waals surface area contributed by atoms with Crippen molar-refractivity contribution in [3.63, 3.8) is 0 Å². The summed E-state index contributed by atoms with van der Waals surface area (Å²) < 4.78 is 11.0. The Morgan fingerprint density at radius 2 is 2.05 bits per heavy atom. The van der Waals surface area contributed by atoms with E-state index in [0.717, 1.165) is 24.3 Å². The molecule has 0 spiro atoms. The molecule has 1 fully saturated rings. The number of ether oxygens (including phenoxy) is 2. The Kier molecular flexibility index (Phi) is 5.20. The minimum absolute atomic E-state index is 0.0276. The Bertz CT molecular complexity index is 494. The van der Waals surface area contributed by atoms with Crippen LogP contribution in [0, 0.1) is 6.92 Å². The molecule has 2 atom stereocenters. The molecule has 0 bridgehead atoms. The Balaban J connectivity index is 1.97. The molecule has 1 N–H and O–H groups in total. The maximum absolute atomic E-state index is 12.2. The van der Waals surface area contributed by atoms with Gasteiger partial charge < -0.3 is 14.8 Å². The van der Waals surface area contributed by atoms with Gasteiger partial charge in [0.1, 0.15) is 5.75 Å². The Morgan fingerprint density at radius 1 is 1.38 bits per heavy atom. The number of nitrogens with zero attached hydrogens (tertiary/aromatic N) is 1. The second-order valence-electron chi connectivity index (χ2n) is 5.70. The van der Waals surface area contributed by atoms with E-state index in [1.54, 1.807) is 7.11 Å². The van der Waals surface area contributed by atoms with Crippen LogP contribution in [0.25, 0.3) is 0 Å². The van der Waals surface area contributed by atoms with E-state index >= 15 is 0 Å². The van der Waals surface area contributed by atoms with Crippen LogP contribution in [-0.4, -0.2) is 49.8 Å². The van der Waals surface area contributed by atoms with Gasteiger partial charge in [-0.15, -0.1) is 0 Å². The first-order valence-corrected chi connectivity index (χ1v) is 7.30. The first kappa shape index (κ1) is 15.8. The summed E-state index contributed by atoms with van der Waals surface area (Å²) in [5.74, 6) is 0.651. The first-order chi connectivity index (χ1) is 9.97. The highest BCUT2D eigenvalue weighted by molar-refractivity contribution is 5.93. The van der Waals surface area contributed by atoms with Crippen LogP contribution in [0.2, 0.25) is 0 Å². The number of carbonyl (C=O) groups excluding carboxylic acids is 1. The Morgan fingerprint density at radius 3 is 2.67 bits per heavy atom. The van der Waals surface area contributed by atoms with Crippen molar-refractivity contribution in [2.24, 2.45) is 0 Å². The zero-order valence-electron chi connectivity index (χ0n) is 13.2. The first-order valence-electron chi connectivity index (χ1n) is 7.30. The molecule has 1 heterocycles. The molecule has 0 radical (unpaired) electrons. The average Bonchev–Trinajstić information content (AvgIpc) is 2.37. The van der Waals surface area contributed by atoms with E-state index in [9.17, 15) is 4.79 Å². The quantitative estimate of drug-likeness (QED) is 0.923. The van der Waals surface area contributed by atoms with Gasteiger partial charge in [-0.3, -0.25) is 9.69 Å². The van der Waals surface area contributed by atoms with Gasteiger partial charge in [-0.2, -0.15) is 0 Å². The van der Waals surface area contributed by atoms with Gasteiger partial charge in [0.25, 0.3) is 0 Å². The van der Waals surface area contributed by atoms with Crippen molar-refractivity contribution in [2.45, 2.75) is 33.0 Å². The van der Waals surface area contributed by atoms with Crippen molar-refractivity contribution in [3.05, 3.63) is 23.8 Å². The zero-order valence-corrected chi connectivity index (χ0v) is 13.2. The normalized spacial score (nSPS) is 22.9. The fourth-order valence-corrected chi connectivity index (χ4v) is 2.73. The molecule has 1 aromatic rings. The number of anilines is 1. The van der Waals surface area contributed by atoms with Crippen molar-refractivity contribution < 1.29 is 14.3 Å². The maximum Gasteiger partial charge on any atom is 0.238 e. The van der Waals surface area contributed by atoms with Gasteiger partial charge in [-0.05, 0) is 38.5 Å². The summed E-state index contributed by atoms with van der Waals surface area (Å²) >= 11 is 0. The third kappa shape index (κ3) is 4.44. The average molecular weight is 292 g/mol. The van der Waals surface area contributed by atoms with E-state index in [1.807, 2.05) is 39.0 Å². The number of hydrogen-bond acceptors (Lipinski definition) is 4. The minimum atomic E-state index is -0.0276. The number of morpholine rings is 1. The predicted molar refractivity (Wildman–Crippen MR) is 82.8 cm³/mol. The van der Waals surface area contributed by atoms with E-state index in [2.05, 4.69) is 10.2 Å². The van der Waals surface area contributed by atoms with Crippen LogP contribution >= 0.6 is 0 Å². The number of rotatable bonds is 4. The number of nitrogens with one attached hydrogen (secondary N) is 1. The van der Waals surface area contributed by atoms with Gasteiger partial charge in [0.2, 0.25) is 5.91 Å². The summed E-state index contributed by atoms with van der Waals surface area (Å²) in [7, 11) is 1.60. The number of hydrogen-bond donors (Lipinski definition) is 1. The van der Waals surface area contributed by atoms with Crippen LogP contribution in [0.3, 0.4) is 0 Å². The summed E-state index contributed by atoms with van der Waals surface area (Å²) in [6.45, 7) is 7.98. The number of carbonyl (C=O) groups is 1. The highest BCUT2D eigenvalue weighted by Gasteiger charge is 2.23. The lowest BCUT2D eigenvalue weighted by Crippen LogP contribution is -2.48. The van der Waals surface area contributed by atoms with Crippen LogP contribution in [0.1, 0.15) is 19.4 Å². The number of amides is 1. The molecular formula is C16H24N2O3.